The standard InChI is InChI=1S/C10H9ClF3N/c1-6-4-3-5-8(7(6)2)15-9(11)10(12,13)14/h3-5H,1-2H3. The Morgan fingerprint density at radius 2 is 1.87 bits per heavy atom. The molecular weight excluding hydrogens is 227 g/mol. The summed E-state index contributed by atoms with van der Waals surface area (Å²) >= 11 is 5.04. The van der Waals surface area contributed by atoms with Crippen LogP contribution < -0.4 is 0 Å². The minimum absolute atomic E-state index is 0.248. The molecule has 1 aromatic rings. The first-order valence-electron chi connectivity index (χ1n) is 4.20. The fourth-order valence-corrected chi connectivity index (χ4v) is 1.12. The summed E-state index contributed by atoms with van der Waals surface area (Å²) in [6, 6.07) is 4.94. The maximum absolute atomic E-state index is 12.1. The summed E-state index contributed by atoms with van der Waals surface area (Å²) in [4.78, 5) is 3.35. The van der Waals surface area contributed by atoms with E-state index < -0.39 is 11.3 Å². The van der Waals surface area contributed by atoms with Gasteiger partial charge in [-0.1, -0.05) is 23.7 Å². The minimum Gasteiger partial charge on any atom is -0.232 e. The highest BCUT2D eigenvalue weighted by molar-refractivity contribution is 6.67. The van der Waals surface area contributed by atoms with E-state index >= 15 is 0 Å². The van der Waals surface area contributed by atoms with Gasteiger partial charge < -0.3 is 0 Å². The SMILES string of the molecule is Cc1cccc(N=C(Cl)C(F)(F)F)c1C. The minimum atomic E-state index is -4.59. The summed E-state index contributed by atoms with van der Waals surface area (Å²) in [7, 11) is 0. The number of hydrogen-bond donors (Lipinski definition) is 0. The molecule has 0 aliphatic heterocycles. The summed E-state index contributed by atoms with van der Waals surface area (Å²) in [5, 5.41) is -1.35. The second-order valence-electron chi connectivity index (χ2n) is 3.12. The Bertz CT molecular complexity index is 396. The van der Waals surface area contributed by atoms with Crippen LogP contribution in [0.2, 0.25) is 0 Å². The van der Waals surface area contributed by atoms with E-state index in [1.807, 2.05) is 0 Å². The number of hydrogen-bond acceptors (Lipinski definition) is 1. The number of halogens is 4. The summed E-state index contributed by atoms with van der Waals surface area (Å²) in [6.45, 7) is 3.50. The average Bonchev–Trinajstić information content (AvgIpc) is 2.11. The van der Waals surface area contributed by atoms with Gasteiger partial charge in [-0.05, 0) is 31.0 Å². The number of alkyl halides is 3. The van der Waals surface area contributed by atoms with Crippen molar-refractivity contribution in [3.63, 3.8) is 0 Å². The number of aliphatic imine (C=N–C) groups is 1. The van der Waals surface area contributed by atoms with Crippen molar-refractivity contribution in [2.24, 2.45) is 4.99 Å². The molecule has 0 aliphatic rings. The number of rotatable bonds is 1. The summed E-state index contributed by atoms with van der Waals surface area (Å²) in [5.41, 5.74) is 1.82. The van der Waals surface area contributed by atoms with Gasteiger partial charge in [0, 0.05) is 0 Å². The maximum atomic E-state index is 12.1. The molecule has 1 rings (SSSR count). The van der Waals surface area contributed by atoms with E-state index in [2.05, 4.69) is 4.99 Å². The molecule has 82 valence electrons. The molecule has 0 atom stereocenters. The molecule has 15 heavy (non-hydrogen) atoms. The molecule has 0 bridgehead atoms. The fraction of sp³-hybridized carbons (Fsp3) is 0.300. The molecule has 0 aromatic heterocycles. The maximum Gasteiger partial charge on any atom is 0.444 e. The molecule has 0 aliphatic carbocycles. The Hall–Kier alpha value is -1.03. The van der Waals surface area contributed by atoms with Crippen LogP contribution in [0.1, 0.15) is 11.1 Å². The van der Waals surface area contributed by atoms with Gasteiger partial charge in [0.1, 0.15) is 0 Å². The van der Waals surface area contributed by atoms with Gasteiger partial charge in [0.25, 0.3) is 0 Å². The van der Waals surface area contributed by atoms with Crippen LogP contribution in [0.4, 0.5) is 18.9 Å². The van der Waals surface area contributed by atoms with Crippen molar-refractivity contribution in [3.05, 3.63) is 29.3 Å². The Kier molecular flexibility index (Phi) is 3.39. The lowest BCUT2D eigenvalue weighted by Gasteiger charge is -2.06. The molecule has 0 saturated heterocycles. The van der Waals surface area contributed by atoms with Gasteiger partial charge in [-0.25, -0.2) is 4.99 Å². The van der Waals surface area contributed by atoms with Crippen LogP contribution in [0.25, 0.3) is 0 Å². The van der Waals surface area contributed by atoms with E-state index in [0.29, 0.717) is 5.56 Å². The lowest BCUT2D eigenvalue weighted by atomic mass is 10.1. The fourth-order valence-electron chi connectivity index (χ4n) is 1.03. The first kappa shape index (κ1) is 12.0. The van der Waals surface area contributed by atoms with E-state index in [1.165, 1.54) is 6.07 Å². The molecule has 0 spiro atoms. The molecule has 0 heterocycles. The first-order valence-corrected chi connectivity index (χ1v) is 4.58. The van der Waals surface area contributed by atoms with Crippen LogP contribution in [0, 0.1) is 13.8 Å². The predicted octanol–water partition coefficient (Wildman–Crippen LogP) is 4.13. The third-order valence-electron chi connectivity index (χ3n) is 2.03. The van der Waals surface area contributed by atoms with Crippen molar-refractivity contribution in [3.8, 4) is 0 Å². The van der Waals surface area contributed by atoms with Crippen molar-refractivity contribution in [1.82, 2.24) is 0 Å². The lowest BCUT2D eigenvalue weighted by Crippen LogP contribution is -2.16. The molecule has 5 heteroatoms. The molecule has 0 radical (unpaired) electrons. The van der Waals surface area contributed by atoms with Crippen molar-refractivity contribution in [2.75, 3.05) is 0 Å². The molecule has 0 saturated carbocycles. The topological polar surface area (TPSA) is 12.4 Å². The van der Waals surface area contributed by atoms with Gasteiger partial charge in [-0.3, -0.25) is 0 Å². The van der Waals surface area contributed by atoms with Crippen LogP contribution in [0.15, 0.2) is 23.2 Å². The Labute approximate surface area is 90.6 Å². The van der Waals surface area contributed by atoms with Gasteiger partial charge in [-0.2, -0.15) is 13.2 Å². The normalized spacial score (nSPS) is 13.1. The first-order chi connectivity index (χ1) is 6.82. The molecule has 0 amide bonds. The number of aryl methyl sites for hydroxylation is 1. The zero-order valence-electron chi connectivity index (χ0n) is 8.19. The van der Waals surface area contributed by atoms with Crippen LogP contribution in [-0.4, -0.2) is 11.3 Å². The summed E-state index contributed by atoms with van der Waals surface area (Å²) < 4.78 is 36.3. The van der Waals surface area contributed by atoms with Crippen molar-refractivity contribution in [1.29, 1.82) is 0 Å². The van der Waals surface area contributed by atoms with E-state index in [9.17, 15) is 13.2 Å². The third-order valence-corrected chi connectivity index (χ3v) is 2.33. The Morgan fingerprint density at radius 1 is 1.27 bits per heavy atom. The summed E-state index contributed by atoms with van der Waals surface area (Å²) in [5.74, 6) is 0. The van der Waals surface area contributed by atoms with Crippen molar-refractivity contribution >= 4 is 22.5 Å². The van der Waals surface area contributed by atoms with Crippen molar-refractivity contribution < 1.29 is 13.2 Å². The Balaban J connectivity index is 3.15. The van der Waals surface area contributed by atoms with Crippen LogP contribution >= 0.6 is 11.6 Å². The molecule has 0 N–H and O–H groups in total. The van der Waals surface area contributed by atoms with Crippen LogP contribution in [0.3, 0.4) is 0 Å². The van der Waals surface area contributed by atoms with E-state index in [4.69, 9.17) is 11.6 Å². The van der Waals surface area contributed by atoms with E-state index in [1.54, 1.807) is 26.0 Å². The second-order valence-corrected chi connectivity index (χ2v) is 3.48. The predicted molar refractivity (Wildman–Crippen MR) is 54.9 cm³/mol. The highest BCUT2D eigenvalue weighted by atomic mass is 35.5. The molecular formula is C10H9ClF3N. The van der Waals surface area contributed by atoms with Gasteiger partial charge in [0.05, 0.1) is 5.69 Å². The molecule has 0 unspecified atom stereocenters. The smallest absolute Gasteiger partial charge is 0.232 e. The monoisotopic (exact) mass is 235 g/mol. The zero-order valence-corrected chi connectivity index (χ0v) is 8.95. The molecule has 1 aromatic carbocycles. The number of nitrogens with zero attached hydrogens (tertiary/aromatic N) is 1. The van der Waals surface area contributed by atoms with Crippen LogP contribution in [0.5, 0.6) is 0 Å². The molecule has 0 fully saturated rings. The third kappa shape index (κ3) is 2.96. The van der Waals surface area contributed by atoms with E-state index in [0.717, 1.165) is 5.56 Å². The van der Waals surface area contributed by atoms with Crippen LogP contribution in [-0.2, 0) is 0 Å². The van der Waals surface area contributed by atoms with Gasteiger partial charge in [0.15, 0.2) is 0 Å². The van der Waals surface area contributed by atoms with Gasteiger partial charge >= 0.3 is 6.18 Å². The highest BCUT2D eigenvalue weighted by Crippen LogP contribution is 2.26. The van der Waals surface area contributed by atoms with E-state index in [-0.39, 0.29) is 5.69 Å². The lowest BCUT2D eigenvalue weighted by molar-refractivity contribution is -0.0558. The van der Waals surface area contributed by atoms with Gasteiger partial charge in [-0.15, -0.1) is 0 Å². The molecule has 1 nitrogen and oxygen atoms in total. The highest BCUT2D eigenvalue weighted by Gasteiger charge is 2.34. The summed E-state index contributed by atoms with van der Waals surface area (Å²) in [6.07, 6.45) is -4.59. The zero-order chi connectivity index (χ0) is 11.6. The average molecular weight is 236 g/mol. The second kappa shape index (κ2) is 4.23. The largest absolute Gasteiger partial charge is 0.444 e. The quantitative estimate of drug-likeness (QED) is 0.649. The Morgan fingerprint density at radius 3 is 2.40 bits per heavy atom. The number of benzene rings is 1. The van der Waals surface area contributed by atoms with Gasteiger partial charge in [0.2, 0.25) is 5.17 Å². The van der Waals surface area contributed by atoms with Crippen molar-refractivity contribution in [2.45, 2.75) is 20.0 Å².